The third kappa shape index (κ3) is 4.96. The average Bonchev–Trinajstić information content (AvgIpc) is 3.08. The van der Waals surface area contributed by atoms with Crippen molar-refractivity contribution in [3.63, 3.8) is 0 Å². The normalized spacial score (nSPS) is 17.2. The van der Waals surface area contributed by atoms with Gasteiger partial charge in [0.1, 0.15) is 11.9 Å². The molecule has 3 aromatic rings. The third-order valence-electron chi connectivity index (χ3n) is 4.82. The van der Waals surface area contributed by atoms with Gasteiger partial charge in [-0.15, -0.1) is 0 Å². The lowest BCUT2D eigenvalue weighted by molar-refractivity contribution is -0.142. The Morgan fingerprint density at radius 1 is 1.39 bits per heavy atom. The lowest BCUT2D eigenvalue weighted by atomic mass is 10.1. The molecule has 0 aliphatic carbocycles. The molecule has 3 heterocycles. The summed E-state index contributed by atoms with van der Waals surface area (Å²) in [6.45, 7) is 2.37. The summed E-state index contributed by atoms with van der Waals surface area (Å²) in [6.07, 6.45) is 1.18. The minimum absolute atomic E-state index is 0.00866. The predicted octanol–water partition coefficient (Wildman–Crippen LogP) is 1.63. The second kappa shape index (κ2) is 8.42. The zero-order valence-electron chi connectivity index (χ0n) is 16.6. The van der Waals surface area contributed by atoms with Gasteiger partial charge >= 0.3 is 0 Å². The molecular weight excluding hydrogens is 428 g/mol. The average molecular weight is 449 g/mol. The number of amides is 1. The Morgan fingerprint density at radius 3 is 2.94 bits per heavy atom. The van der Waals surface area contributed by atoms with E-state index in [0.29, 0.717) is 34.0 Å². The Labute approximate surface area is 180 Å². The van der Waals surface area contributed by atoms with Gasteiger partial charge in [-0.2, -0.15) is 0 Å². The minimum Gasteiger partial charge on any atom is -0.366 e. The number of rotatable bonds is 5. The number of thiazole rings is 1. The quantitative estimate of drug-likeness (QED) is 0.438. The van der Waals surface area contributed by atoms with Crippen molar-refractivity contribution in [3.8, 4) is 0 Å². The number of aromatic nitrogens is 2. The fraction of sp³-hybridized carbons (Fsp3) is 0.350. The number of nitrogens with zero attached hydrogens (tertiary/aromatic N) is 3. The van der Waals surface area contributed by atoms with E-state index in [2.05, 4.69) is 20.6 Å². The number of piperazine rings is 1. The molecule has 2 aromatic heterocycles. The fourth-order valence-electron chi connectivity index (χ4n) is 3.50. The third-order valence-corrected chi connectivity index (χ3v) is 5.75. The zero-order valence-corrected chi connectivity index (χ0v) is 17.4. The standard InChI is InChI=1S/C20H21F2N5O3S/c1-20(29,30)8-11-6-13(22)17(24-9-11)27-5-4-23-10-15(27)18(28)26-19-25-14-3-2-12(21)7-16(14)31-19/h2-3,6-7,9,15,23,29-30H,4-5,8,10H2,1H3,(H,25,26,28). The molecule has 0 bridgehead atoms. The van der Waals surface area contributed by atoms with Crippen molar-refractivity contribution in [2.45, 2.75) is 25.2 Å². The largest absolute Gasteiger partial charge is 0.366 e. The van der Waals surface area contributed by atoms with Gasteiger partial charge in [-0.1, -0.05) is 11.3 Å². The van der Waals surface area contributed by atoms with E-state index in [0.717, 1.165) is 11.3 Å². The molecule has 31 heavy (non-hydrogen) atoms. The van der Waals surface area contributed by atoms with Gasteiger partial charge in [0.25, 0.3) is 0 Å². The molecule has 1 atom stereocenters. The number of pyridine rings is 1. The van der Waals surface area contributed by atoms with E-state index in [1.165, 1.54) is 37.4 Å². The first kappa shape index (κ1) is 21.5. The van der Waals surface area contributed by atoms with Gasteiger partial charge in [0, 0.05) is 32.3 Å². The van der Waals surface area contributed by atoms with Gasteiger partial charge < -0.3 is 25.7 Å². The first-order valence-corrected chi connectivity index (χ1v) is 10.4. The van der Waals surface area contributed by atoms with E-state index >= 15 is 0 Å². The monoisotopic (exact) mass is 449 g/mol. The first-order chi connectivity index (χ1) is 14.7. The maximum Gasteiger partial charge on any atom is 0.250 e. The molecule has 4 N–H and O–H groups in total. The molecular formula is C20H21F2N5O3S. The van der Waals surface area contributed by atoms with Gasteiger partial charge in [-0.3, -0.25) is 4.79 Å². The highest BCUT2D eigenvalue weighted by Gasteiger charge is 2.32. The van der Waals surface area contributed by atoms with E-state index in [9.17, 15) is 23.8 Å². The topological polar surface area (TPSA) is 111 Å². The van der Waals surface area contributed by atoms with Crippen LogP contribution in [0.4, 0.5) is 19.7 Å². The van der Waals surface area contributed by atoms with Gasteiger partial charge in [0.15, 0.2) is 22.6 Å². The smallest absolute Gasteiger partial charge is 0.250 e. The van der Waals surface area contributed by atoms with Crippen molar-refractivity contribution >= 4 is 38.4 Å². The molecule has 11 heteroatoms. The zero-order chi connectivity index (χ0) is 22.2. The summed E-state index contributed by atoms with van der Waals surface area (Å²) in [6, 6.07) is 4.63. The van der Waals surface area contributed by atoms with Crippen molar-refractivity contribution in [2.75, 3.05) is 29.9 Å². The van der Waals surface area contributed by atoms with Crippen LogP contribution in [0.2, 0.25) is 0 Å². The molecule has 1 fully saturated rings. The minimum atomic E-state index is -1.98. The van der Waals surface area contributed by atoms with Crippen LogP contribution >= 0.6 is 11.3 Å². The van der Waals surface area contributed by atoms with Crippen LogP contribution in [-0.2, 0) is 11.2 Å². The summed E-state index contributed by atoms with van der Waals surface area (Å²) < 4.78 is 28.8. The van der Waals surface area contributed by atoms with E-state index in [1.54, 1.807) is 4.90 Å². The predicted molar refractivity (Wildman–Crippen MR) is 113 cm³/mol. The van der Waals surface area contributed by atoms with E-state index in [-0.39, 0.29) is 24.6 Å². The molecule has 1 amide bonds. The molecule has 0 saturated carbocycles. The molecule has 1 saturated heterocycles. The highest BCUT2D eigenvalue weighted by atomic mass is 32.1. The molecule has 8 nitrogen and oxygen atoms in total. The van der Waals surface area contributed by atoms with Crippen molar-refractivity contribution in [1.82, 2.24) is 15.3 Å². The number of hydrogen-bond donors (Lipinski definition) is 4. The number of hydrogen-bond acceptors (Lipinski definition) is 8. The molecule has 0 radical (unpaired) electrons. The maximum atomic E-state index is 14.8. The summed E-state index contributed by atoms with van der Waals surface area (Å²) >= 11 is 1.15. The van der Waals surface area contributed by atoms with Gasteiger partial charge in [0.05, 0.1) is 10.2 Å². The van der Waals surface area contributed by atoms with Gasteiger partial charge in [-0.05, 0) is 36.8 Å². The van der Waals surface area contributed by atoms with Crippen molar-refractivity contribution in [2.24, 2.45) is 0 Å². The van der Waals surface area contributed by atoms with E-state index in [4.69, 9.17) is 0 Å². The fourth-order valence-corrected chi connectivity index (χ4v) is 4.39. The molecule has 1 aromatic carbocycles. The molecule has 1 aliphatic heterocycles. The first-order valence-electron chi connectivity index (χ1n) is 9.63. The number of halogens is 2. The lowest BCUT2D eigenvalue weighted by Crippen LogP contribution is -2.57. The Kier molecular flexibility index (Phi) is 5.84. The van der Waals surface area contributed by atoms with Crippen LogP contribution < -0.4 is 15.5 Å². The van der Waals surface area contributed by atoms with Crippen LogP contribution in [0, 0.1) is 11.6 Å². The summed E-state index contributed by atoms with van der Waals surface area (Å²) in [5.41, 5.74) is 0.898. The molecule has 0 spiro atoms. The summed E-state index contributed by atoms with van der Waals surface area (Å²) in [5, 5.41) is 25.2. The van der Waals surface area contributed by atoms with Crippen LogP contribution in [0.3, 0.4) is 0 Å². The van der Waals surface area contributed by atoms with Crippen molar-refractivity contribution in [1.29, 1.82) is 0 Å². The van der Waals surface area contributed by atoms with Crippen LogP contribution in [0.1, 0.15) is 12.5 Å². The number of nitrogens with one attached hydrogen (secondary N) is 2. The Balaban J connectivity index is 1.54. The summed E-state index contributed by atoms with van der Waals surface area (Å²) in [4.78, 5) is 22.9. The van der Waals surface area contributed by atoms with Gasteiger partial charge in [-0.25, -0.2) is 18.7 Å². The van der Waals surface area contributed by atoms with Crippen LogP contribution in [0.25, 0.3) is 10.2 Å². The number of anilines is 2. The number of fused-ring (bicyclic) bond motifs is 1. The van der Waals surface area contributed by atoms with Crippen molar-refractivity contribution < 1.29 is 23.8 Å². The molecule has 1 aliphatic rings. The molecule has 4 rings (SSSR count). The van der Waals surface area contributed by atoms with Crippen LogP contribution in [0.15, 0.2) is 30.5 Å². The number of aliphatic hydroxyl groups is 2. The second-order valence-corrected chi connectivity index (χ2v) is 8.61. The lowest BCUT2D eigenvalue weighted by Gasteiger charge is -2.36. The molecule has 1 unspecified atom stereocenters. The van der Waals surface area contributed by atoms with E-state index < -0.39 is 23.6 Å². The number of carbonyl (C=O) groups is 1. The van der Waals surface area contributed by atoms with E-state index in [1.807, 2.05) is 0 Å². The highest BCUT2D eigenvalue weighted by molar-refractivity contribution is 7.22. The second-order valence-electron chi connectivity index (χ2n) is 7.58. The SMILES string of the molecule is CC(O)(O)Cc1cnc(N2CCNCC2C(=O)Nc2nc3ccc(F)cc3s2)c(F)c1. The van der Waals surface area contributed by atoms with Gasteiger partial charge in [0.2, 0.25) is 5.91 Å². The number of benzene rings is 1. The Morgan fingerprint density at radius 2 is 2.19 bits per heavy atom. The van der Waals surface area contributed by atoms with Crippen LogP contribution in [0.5, 0.6) is 0 Å². The highest BCUT2D eigenvalue weighted by Crippen LogP contribution is 2.28. The summed E-state index contributed by atoms with van der Waals surface area (Å²) in [7, 11) is 0. The Hall–Kier alpha value is -2.73. The molecule has 164 valence electrons. The Bertz CT molecular complexity index is 1120. The summed E-state index contributed by atoms with van der Waals surface area (Å²) in [5.74, 6) is -3.40. The maximum absolute atomic E-state index is 14.8. The van der Waals surface area contributed by atoms with Crippen LogP contribution in [-0.4, -0.2) is 57.6 Å². The van der Waals surface area contributed by atoms with Crippen molar-refractivity contribution in [3.05, 3.63) is 47.7 Å². The number of carbonyl (C=O) groups excluding carboxylic acids is 1.